The fourth-order valence-electron chi connectivity index (χ4n) is 3.04. The Morgan fingerprint density at radius 2 is 2.12 bits per heavy atom. The summed E-state index contributed by atoms with van der Waals surface area (Å²) in [6, 6.07) is 7.49. The molecule has 0 atom stereocenters. The number of imidazole rings is 1. The second-order valence-electron chi connectivity index (χ2n) is 6.35. The van der Waals surface area contributed by atoms with Crippen molar-refractivity contribution in [2.24, 2.45) is 7.05 Å². The van der Waals surface area contributed by atoms with Crippen molar-refractivity contribution in [1.29, 1.82) is 0 Å². The minimum Gasteiger partial charge on any atom is -0.313 e. The lowest BCUT2D eigenvalue weighted by molar-refractivity contribution is -0.117. The van der Waals surface area contributed by atoms with Crippen molar-refractivity contribution in [3.8, 4) is 0 Å². The second-order valence-corrected chi connectivity index (χ2v) is 6.73. The summed E-state index contributed by atoms with van der Waals surface area (Å²) in [6.45, 7) is -0.193. The largest absolute Gasteiger partial charge is 0.313 e. The van der Waals surface area contributed by atoms with Crippen molar-refractivity contribution in [1.82, 2.24) is 19.3 Å². The van der Waals surface area contributed by atoms with Crippen LogP contribution >= 0.6 is 11.6 Å². The Bertz CT molecular complexity index is 993. The number of aromatic nitrogens is 4. The summed E-state index contributed by atoms with van der Waals surface area (Å²) in [5.74, 6) is 0.0767. The molecule has 2 heterocycles. The molecule has 1 saturated carbocycles. The van der Waals surface area contributed by atoms with Crippen LogP contribution in [-0.2, 0) is 18.4 Å². The highest BCUT2D eigenvalue weighted by atomic mass is 35.5. The highest BCUT2D eigenvalue weighted by Crippen LogP contribution is 2.45. The number of amides is 1. The van der Waals surface area contributed by atoms with E-state index in [1.165, 1.54) is 4.68 Å². The fourth-order valence-corrected chi connectivity index (χ4v) is 3.41. The molecule has 0 bridgehead atoms. The number of nitrogens with zero attached hydrogens (tertiary/aromatic N) is 4. The number of aryl methyl sites for hydroxylation is 1. The molecule has 2 aromatic heterocycles. The van der Waals surface area contributed by atoms with Crippen molar-refractivity contribution in [3.05, 3.63) is 40.7 Å². The molecule has 0 aliphatic heterocycles. The van der Waals surface area contributed by atoms with Gasteiger partial charge < -0.3 is 4.57 Å². The Kier molecular flexibility index (Phi) is 4.14. The monoisotopic (exact) mass is 379 g/mol. The number of rotatable bonds is 5. The summed E-state index contributed by atoms with van der Waals surface area (Å²) in [4.78, 5) is 16.8. The van der Waals surface area contributed by atoms with Gasteiger partial charge in [0.1, 0.15) is 12.2 Å². The van der Waals surface area contributed by atoms with Crippen LogP contribution in [0.5, 0.6) is 0 Å². The number of hydrogen-bond acceptors (Lipinski definition) is 3. The molecule has 26 heavy (non-hydrogen) atoms. The number of fused-ring (bicyclic) bond motifs is 1. The maximum absolute atomic E-state index is 13.1. The molecule has 1 aromatic carbocycles. The van der Waals surface area contributed by atoms with Gasteiger partial charge in [-0.3, -0.25) is 14.8 Å². The maximum atomic E-state index is 13.1. The molecular formula is C17H16ClF2N5O. The number of anilines is 1. The first-order valence-corrected chi connectivity index (χ1v) is 8.59. The summed E-state index contributed by atoms with van der Waals surface area (Å²) in [5.41, 5.74) is 1.68. The van der Waals surface area contributed by atoms with E-state index in [2.05, 4.69) is 15.4 Å². The minimum atomic E-state index is -2.77. The van der Waals surface area contributed by atoms with Gasteiger partial charge in [-0.2, -0.15) is 5.10 Å². The Morgan fingerprint density at radius 3 is 2.77 bits per heavy atom. The maximum Gasteiger partial charge on any atom is 0.283 e. The van der Waals surface area contributed by atoms with Crippen LogP contribution in [0, 0.1) is 0 Å². The number of benzene rings is 1. The van der Waals surface area contributed by atoms with Crippen LogP contribution < -0.4 is 5.32 Å². The van der Waals surface area contributed by atoms with Crippen LogP contribution in [0.15, 0.2) is 24.3 Å². The number of halogens is 3. The first-order valence-electron chi connectivity index (χ1n) is 8.21. The predicted octanol–water partition coefficient (Wildman–Crippen LogP) is 3.88. The van der Waals surface area contributed by atoms with Crippen molar-refractivity contribution in [2.75, 3.05) is 5.32 Å². The van der Waals surface area contributed by atoms with Crippen molar-refractivity contribution < 1.29 is 13.6 Å². The number of carbonyl (C=O) groups excluding carboxylic acids is 1. The molecule has 3 aromatic rings. The summed E-state index contributed by atoms with van der Waals surface area (Å²) in [6.07, 6.45) is -1.05. The van der Waals surface area contributed by atoms with E-state index in [9.17, 15) is 13.6 Å². The zero-order valence-corrected chi connectivity index (χ0v) is 14.7. The van der Waals surface area contributed by atoms with Crippen LogP contribution in [0.3, 0.4) is 0 Å². The molecule has 136 valence electrons. The van der Waals surface area contributed by atoms with E-state index < -0.39 is 18.0 Å². The second kappa shape index (κ2) is 6.35. The SMILES string of the molecule is Cn1c(NC(=O)Cn2nc(C(F)F)c(Cl)c2C2CC2)nc2ccccc21. The van der Waals surface area contributed by atoms with Gasteiger partial charge in [-0.1, -0.05) is 23.7 Å². The summed E-state index contributed by atoms with van der Waals surface area (Å²) < 4.78 is 29.2. The van der Waals surface area contributed by atoms with Crippen molar-refractivity contribution in [2.45, 2.75) is 31.7 Å². The standard InChI is InChI=1S/C17H16ClF2N5O/c1-24-11-5-3-2-4-10(11)21-17(24)22-12(26)8-25-15(9-6-7-9)13(18)14(23-25)16(19)20/h2-5,9,16H,6-8H2,1H3,(H,21,22,26). The Balaban J connectivity index is 1.58. The molecule has 0 saturated heterocycles. The van der Waals surface area contributed by atoms with Crippen LogP contribution in [0.4, 0.5) is 14.7 Å². The quantitative estimate of drug-likeness (QED) is 0.731. The lowest BCUT2D eigenvalue weighted by Crippen LogP contribution is -2.22. The third-order valence-electron chi connectivity index (χ3n) is 4.46. The molecule has 0 radical (unpaired) electrons. The lowest BCUT2D eigenvalue weighted by atomic mass is 10.2. The molecule has 4 rings (SSSR count). The van der Waals surface area contributed by atoms with E-state index in [-0.39, 0.29) is 17.5 Å². The fraction of sp³-hybridized carbons (Fsp3) is 0.353. The van der Waals surface area contributed by atoms with E-state index in [4.69, 9.17) is 11.6 Å². The van der Waals surface area contributed by atoms with Gasteiger partial charge in [0.2, 0.25) is 11.9 Å². The molecule has 6 nitrogen and oxygen atoms in total. The number of hydrogen-bond donors (Lipinski definition) is 1. The average Bonchev–Trinajstić information content (AvgIpc) is 3.31. The van der Waals surface area contributed by atoms with E-state index in [0.717, 1.165) is 23.9 Å². The molecule has 1 fully saturated rings. The Labute approximate surface area is 152 Å². The zero-order chi connectivity index (χ0) is 18.4. The van der Waals surface area contributed by atoms with Gasteiger partial charge in [-0.15, -0.1) is 0 Å². The highest BCUT2D eigenvalue weighted by molar-refractivity contribution is 6.32. The Hall–Kier alpha value is -2.48. The van der Waals surface area contributed by atoms with Crippen LogP contribution in [-0.4, -0.2) is 25.2 Å². The van der Waals surface area contributed by atoms with Gasteiger partial charge in [0.15, 0.2) is 0 Å². The molecular weight excluding hydrogens is 364 g/mol. The highest BCUT2D eigenvalue weighted by Gasteiger charge is 2.34. The topological polar surface area (TPSA) is 64.7 Å². The van der Waals surface area contributed by atoms with Gasteiger partial charge in [-0.05, 0) is 25.0 Å². The normalized spacial score (nSPS) is 14.3. The number of para-hydroxylation sites is 2. The molecule has 9 heteroatoms. The van der Waals surface area contributed by atoms with Crippen LogP contribution in [0.2, 0.25) is 5.02 Å². The predicted molar refractivity (Wildman–Crippen MR) is 93.5 cm³/mol. The minimum absolute atomic E-state index is 0.0296. The van der Waals surface area contributed by atoms with Gasteiger partial charge >= 0.3 is 0 Å². The lowest BCUT2D eigenvalue weighted by Gasteiger charge is -2.08. The van der Waals surface area contributed by atoms with Gasteiger partial charge in [0, 0.05) is 13.0 Å². The molecule has 1 amide bonds. The molecule has 1 N–H and O–H groups in total. The van der Waals surface area contributed by atoms with E-state index >= 15 is 0 Å². The summed E-state index contributed by atoms with van der Waals surface area (Å²) >= 11 is 6.07. The molecule has 0 spiro atoms. The van der Waals surface area contributed by atoms with Crippen LogP contribution in [0.25, 0.3) is 11.0 Å². The average molecular weight is 380 g/mol. The van der Waals surface area contributed by atoms with Crippen molar-refractivity contribution in [3.63, 3.8) is 0 Å². The van der Waals surface area contributed by atoms with E-state index in [0.29, 0.717) is 11.6 Å². The van der Waals surface area contributed by atoms with E-state index in [1.807, 2.05) is 24.3 Å². The van der Waals surface area contributed by atoms with Gasteiger partial charge in [0.05, 0.1) is 21.7 Å². The number of nitrogens with one attached hydrogen (secondary N) is 1. The third-order valence-corrected chi connectivity index (χ3v) is 4.85. The summed E-state index contributed by atoms with van der Waals surface area (Å²) in [7, 11) is 1.79. The summed E-state index contributed by atoms with van der Waals surface area (Å²) in [5, 5.41) is 6.55. The smallest absolute Gasteiger partial charge is 0.283 e. The van der Waals surface area contributed by atoms with Crippen molar-refractivity contribution >= 4 is 34.5 Å². The molecule has 0 unspecified atom stereocenters. The number of carbonyl (C=O) groups is 1. The first kappa shape index (κ1) is 17.0. The van der Waals surface area contributed by atoms with Gasteiger partial charge in [-0.25, -0.2) is 13.8 Å². The molecule has 1 aliphatic carbocycles. The number of alkyl halides is 2. The third kappa shape index (κ3) is 2.94. The zero-order valence-electron chi connectivity index (χ0n) is 13.9. The van der Waals surface area contributed by atoms with Crippen LogP contribution in [0.1, 0.15) is 36.6 Å². The van der Waals surface area contributed by atoms with Gasteiger partial charge in [0.25, 0.3) is 6.43 Å². The van der Waals surface area contributed by atoms with E-state index in [1.54, 1.807) is 11.6 Å². The Morgan fingerprint density at radius 1 is 1.38 bits per heavy atom. The first-order chi connectivity index (χ1) is 12.5. The molecule has 1 aliphatic rings.